The Morgan fingerprint density at radius 1 is 1.53 bits per heavy atom. The highest BCUT2D eigenvalue weighted by Gasteiger charge is 2.22. The standard InChI is InChI=1S/C14H13NO2/c15-9-13-3-1-2-11(8-13)6-7-14(16)17-10-12-4-5-12/h1-3,6-8,12H,4-5,10H2. The third-order valence-electron chi connectivity index (χ3n) is 2.59. The highest BCUT2D eigenvalue weighted by molar-refractivity contribution is 5.87. The van der Waals surface area contributed by atoms with Crippen LogP contribution in [0.5, 0.6) is 0 Å². The first-order chi connectivity index (χ1) is 8.28. The fraction of sp³-hybridized carbons (Fsp3) is 0.286. The van der Waals surface area contributed by atoms with E-state index in [9.17, 15) is 4.79 Å². The second-order valence-electron chi connectivity index (χ2n) is 4.14. The number of rotatable bonds is 4. The Bertz CT molecular complexity index is 481. The number of nitriles is 1. The van der Waals surface area contributed by atoms with Gasteiger partial charge in [0, 0.05) is 6.08 Å². The number of benzene rings is 1. The monoisotopic (exact) mass is 227 g/mol. The van der Waals surface area contributed by atoms with Gasteiger partial charge in [0.25, 0.3) is 0 Å². The molecule has 0 spiro atoms. The number of esters is 1. The Morgan fingerprint density at radius 2 is 2.35 bits per heavy atom. The molecule has 3 nitrogen and oxygen atoms in total. The molecule has 1 fully saturated rings. The van der Waals surface area contributed by atoms with Crippen molar-refractivity contribution in [1.29, 1.82) is 5.26 Å². The van der Waals surface area contributed by atoms with Gasteiger partial charge in [-0.2, -0.15) is 5.26 Å². The molecule has 0 atom stereocenters. The highest BCUT2D eigenvalue weighted by Crippen LogP contribution is 2.28. The number of carbonyl (C=O) groups excluding carboxylic acids is 1. The average molecular weight is 227 g/mol. The van der Waals surface area contributed by atoms with Crippen LogP contribution in [0.4, 0.5) is 0 Å². The van der Waals surface area contributed by atoms with Crippen molar-refractivity contribution >= 4 is 12.0 Å². The van der Waals surface area contributed by atoms with E-state index in [1.54, 1.807) is 24.3 Å². The summed E-state index contributed by atoms with van der Waals surface area (Å²) >= 11 is 0. The molecular weight excluding hydrogens is 214 g/mol. The molecule has 0 bridgehead atoms. The van der Waals surface area contributed by atoms with Crippen LogP contribution in [0.3, 0.4) is 0 Å². The molecule has 0 unspecified atom stereocenters. The Morgan fingerprint density at radius 3 is 3.06 bits per heavy atom. The van der Waals surface area contributed by atoms with E-state index in [-0.39, 0.29) is 5.97 Å². The predicted molar refractivity (Wildman–Crippen MR) is 63.9 cm³/mol. The zero-order valence-corrected chi connectivity index (χ0v) is 9.43. The molecule has 0 heterocycles. The maximum Gasteiger partial charge on any atom is 0.330 e. The minimum atomic E-state index is -0.320. The molecule has 0 N–H and O–H groups in total. The van der Waals surface area contributed by atoms with Crippen LogP contribution in [-0.4, -0.2) is 12.6 Å². The van der Waals surface area contributed by atoms with Gasteiger partial charge in [-0.05, 0) is 42.5 Å². The molecule has 0 amide bonds. The first kappa shape index (κ1) is 11.4. The fourth-order valence-corrected chi connectivity index (χ4v) is 1.41. The Kier molecular flexibility index (Phi) is 3.56. The average Bonchev–Trinajstić information content (AvgIpc) is 3.18. The second-order valence-corrected chi connectivity index (χ2v) is 4.14. The van der Waals surface area contributed by atoms with E-state index in [0.29, 0.717) is 18.1 Å². The summed E-state index contributed by atoms with van der Waals surface area (Å²) < 4.78 is 5.05. The van der Waals surface area contributed by atoms with Gasteiger partial charge in [0.15, 0.2) is 0 Å². The van der Waals surface area contributed by atoms with Gasteiger partial charge < -0.3 is 4.74 Å². The third-order valence-corrected chi connectivity index (χ3v) is 2.59. The van der Waals surface area contributed by atoms with Gasteiger partial charge in [-0.25, -0.2) is 4.79 Å². The lowest BCUT2D eigenvalue weighted by atomic mass is 10.1. The van der Waals surface area contributed by atoms with E-state index in [2.05, 4.69) is 6.07 Å². The minimum Gasteiger partial charge on any atom is -0.462 e. The van der Waals surface area contributed by atoms with Crippen LogP contribution in [-0.2, 0) is 9.53 Å². The van der Waals surface area contributed by atoms with E-state index >= 15 is 0 Å². The van der Waals surface area contributed by atoms with Crippen molar-refractivity contribution in [1.82, 2.24) is 0 Å². The Labute approximate surface area is 100 Å². The molecule has 1 aliphatic carbocycles. The summed E-state index contributed by atoms with van der Waals surface area (Å²) in [6.07, 6.45) is 5.40. The smallest absolute Gasteiger partial charge is 0.330 e. The topological polar surface area (TPSA) is 50.1 Å². The van der Waals surface area contributed by atoms with Crippen LogP contribution in [0.15, 0.2) is 30.3 Å². The summed E-state index contributed by atoms with van der Waals surface area (Å²) in [4.78, 5) is 11.3. The lowest BCUT2D eigenvalue weighted by molar-refractivity contribution is -0.138. The minimum absolute atomic E-state index is 0.320. The van der Waals surface area contributed by atoms with E-state index < -0.39 is 0 Å². The van der Waals surface area contributed by atoms with Crippen molar-refractivity contribution in [2.24, 2.45) is 5.92 Å². The zero-order valence-electron chi connectivity index (χ0n) is 9.43. The van der Waals surface area contributed by atoms with Crippen LogP contribution >= 0.6 is 0 Å². The summed E-state index contributed by atoms with van der Waals surface area (Å²) in [5.74, 6) is 0.258. The third kappa shape index (κ3) is 3.76. The molecule has 0 aromatic heterocycles. The van der Waals surface area contributed by atoms with E-state index in [1.165, 1.54) is 18.9 Å². The van der Waals surface area contributed by atoms with Crippen molar-refractivity contribution in [3.8, 4) is 6.07 Å². The quantitative estimate of drug-likeness (QED) is 0.586. The molecular formula is C14H13NO2. The van der Waals surface area contributed by atoms with Gasteiger partial charge in [0.05, 0.1) is 18.2 Å². The van der Waals surface area contributed by atoms with Crippen molar-refractivity contribution in [3.63, 3.8) is 0 Å². The molecule has 1 aromatic carbocycles. The fourth-order valence-electron chi connectivity index (χ4n) is 1.41. The normalized spacial score (nSPS) is 14.5. The van der Waals surface area contributed by atoms with Crippen LogP contribution in [0, 0.1) is 17.2 Å². The maximum atomic E-state index is 11.3. The molecule has 3 heteroatoms. The second kappa shape index (κ2) is 5.31. The molecule has 1 saturated carbocycles. The van der Waals surface area contributed by atoms with Crippen LogP contribution in [0.1, 0.15) is 24.0 Å². The number of hydrogen-bond donors (Lipinski definition) is 0. The number of ether oxygens (including phenoxy) is 1. The van der Waals surface area contributed by atoms with Gasteiger partial charge in [0.1, 0.15) is 0 Å². The van der Waals surface area contributed by atoms with Gasteiger partial charge in [-0.3, -0.25) is 0 Å². The maximum absolute atomic E-state index is 11.3. The number of carbonyl (C=O) groups is 1. The first-order valence-corrected chi connectivity index (χ1v) is 5.63. The summed E-state index contributed by atoms with van der Waals surface area (Å²) in [5.41, 5.74) is 1.41. The molecule has 1 aliphatic rings. The van der Waals surface area contributed by atoms with Crippen molar-refractivity contribution < 1.29 is 9.53 Å². The van der Waals surface area contributed by atoms with Crippen molar-refractivity contribution in [2.45, 2.75) is 12.8 Å². The van der Waals surface area contributed by atoms with Gasteiger partial charge in [-0.15, -0.1) is 0 Å². The molecule has 17 heavy (non-hydrogen) atoms. The van der Waals surface area contributed by atoms with Crippen LogP contribution in [0.2, 0.25) is 0 Å². The summed E-state index contributed by atoms with van der Waals surface area (Å²) in [7, 11) is 0. The summed E-state index contributed by atoms with van der Waals surface area (Å²) in [6.45, 7) is 0.529. The number of nitrogens with zero attached hydrogens (tertiary/aromatic N) is 1. The van der Waals surface area contributed by atoms with Crippen LogP contribution in [0.25, 0.3) is 6.08 Å². The summed E-state index contributed by atoms with van der Waals surface area (Å²) in [5, 5.41) is 8.73. The van der Waals surface area contributed by atoms with Gasteiger partial charge in [0.2, 0.25) is 0 Å². The zero-order chi connectivity index (χ0) is 12.1. The van der Waals surface area contributed by atoms with E-state index in [1.807, 2.05) is 6.07 Å². The highest BCUT2D eigenvalue weighted by atomic mass is 16.5. The van der Waals surface area contributed by atoms with E-state index in [4.69, 9.17) is 10.00 Å². The Hall–Kier alpha value is -2.08. The van der Waals surface area contributed by atoms with Crippen LogP contribution < -0.4 is 0 Å². The van der Waals surface area contributed by atoms with Gasteiger partial charge >= 0.3 is 5.97 Å². The summed E-state index contributed by atoms with van der Waals surface area (Å²) in [6, 6.07) is 9.13. The largest absolute Gasteiger partial charge is 0.462 e. The Balaban J connectivity index is 1.89. The molecule has 2 rings (SSSR count). The molecule has 0 aliphatic heterocycles. The number of hydrogen-bond acceptors (Lipinski definition) is 3. The molecule has 1 aromatic rings. The first-order valence-electron chi connectivity index (χ1n) is 5.63. The van der Waals surface area contributed by atoms with Gasteiger partial charge in [-0.1, -0.05) is 12.1 Å². The molecule has 0 radical (unpaired) electrons. The lowest BCUT2D eigenvalue weighted by Crippen LogP contribution is -2.03. The predicted octanol–water partition coefficient (Wildman–Crippen LogP) is 2.52. The van der Waals surface area contributed by atoms with Crippen molar-refractivity contribution in [2.75, 3.05) is 6.61 Å². The lowest BCUT2D eigenvalue weighted by Gasteiger charge is -1.98. The molecule has 0 saturated heterocycles. The van der Waals surface area contributed by atoms with Crippen molar-refractivity contribution in [3.05, 3.63) is 41.5 Å². The molecule has 86 valence electrons. The SMILES string of the molecule is N#Cc1cccc(C=CC(=O)OCC2CC2)c1. The van der Waals surface area contributed by atoms with E-state index in [0.717, 1.165) is 5.56 Å².